The van der Waals surface area contributed by atoms with Gasteiger partial charge in [0.2, 0.25) is 0 Å². The number of carbonyl (C=O) groups is 1. The predicted molar refractivity (Wildman–Crippen MR) is 81.6 cm³/mol. The average Bonchev–Trinajstić information content (AvgIpc) is 2.54. The molecule has 0 atom stereocenters. The molecule has 3 nitrogen and oxygen atoms in total. The van der Waals surface area contributed by atoms with Crippen LogP contribution >= 0.6 is 11.8 Å². The fourth-order valence-electron chi connectivity index (χ4n) is 2.34. The Morgan fingerprint density at radius 1 is 1.05 bits per heavy atom. The molecule has 2 aromatic carbocycles. The van der Waals surface area contributed by atoms with E-state index in [9.17, 15) is 4.79 Å². The number of benzene rings is 2. The summed E-state index contributed by atoms with van der Waals surface area (Å²) in [6.07, 6.45) is 0. The van der Waals surface area contributed by atoms with Crippen LogP contribution < -0.4 is 0 Å². The Kier molecular flexibility index (Phi) is 3.51. The second-order valence-electron chi connectivity index (χ2n) is 4.42. The van der Waals surface area contributed by atoms with Crippen LogP contribution in [-0.2, 0) is 9.53 Å². The molecule has 0 saturated heterocycles. The number of esters is 1. The normalized spacial score (nSPS) is 11.9. The first kappa shape index (κ1) is 13.5. The minimum absolute atomic E-state index is 0.0256. The van der Waals surface area contributed by atoms with Crippen LogP contribution in [0.15, 0.2) is 64.0 Å². The number of hydrogen-bond donors (Lipinski definition) is 0. The SMILES string of the molecule is [C-]#[N+]C(C(=O)OC)=C1c2ccccc2Sc2ccccc21. The van der Waals surface area contributed by atoms with Crippen molar-refractivity contribution in [1.29, 1.82) is 0 Å². The fourth-order valence-corrected chi connectivity index (χ4v) is 3.43. The maximum atomic E-state index is 12.0. The number of nitrogens with zero attached hydrogens (tertiary/aromatic N) is 1. The van der Waals surface area contributed by atoms with Gasteiger partial charge in [0.25, 0.3) is 5.70 Å². The summed E-state index contributed by atoms with van der Waals surface area (Å²) in [5, 5.41) is 0. The van der Waals surface area contributed by atoms with Crippen molar-refractivity contribution in [3.63, 3.8) is 0 Å². The van der Waals surface area contributed by atoms with Crippen LogP contribution in [-0.4, -0.2) is 13.1 Å². The second-order valence-corrected chi connectivity index (χ2v) is 5.51. The number of hydrogen-bond acceptors (Lipinski definition) is 3. The van der Waals surface area contributed by atoms with Crippen molar-refractivity contribution in [2.24, 2.45) is 0 Å². The standard InChI is InChI=1S/C17H11NO2S/c1-18-16(17(19)20-2)15-11-7-3-5-9-13(11)21-14-10-6-4-8-12(14)15/h3-10H,2H3. The highest BCUT2D eigenvalue weighted by Gasteiger charge is 2.26. The molecule has 21 heavy (non-hydrogen) atoms. The summed E-state index contributed by atoms with van der Waals surface area (Å²) in [4.78, 5) is 17.5. The van der Waals surface area contributed by atoms with Gasteiger partial charge in [0.1, 0.15) is 0 Å². The lowest BCUT2D eigenvalue weighted by Gasteiger charge is -2.22. The van der Waals surface area contributed by atoms with Gasteiger partial charge in [-0.15, -0.1) is 0 Å². The molecule has 0 saturated carbocycles. The molecule has 0 amide bonds. The summed E-state index contributed by atoms with van der Waals surface area (Å²) in [5.74, 6) is -0.600. The Hall–Kier alpha value is -2.51. The zero-order valence-electron chi connectivity index (χ0n) is 11.3. The molecule has 0 spiro atoms. The zero-order chi connectivity index (χ0) is 14.8. The van der Waals surface area contributed by atoms with E-state index in [4.69, 9.17) is 11.3 Å². The Morgan fingerprint density at radius 3 is 2.05 bits per heavy atom. The maximum Gasteiger partial charge on any atom is 0.336 e. The van der Waals surface area contributed by atoms with Crippen LogP contribution in [0, 0.1) is 6.57 Å². The van der Waals surface area contributed by atoms with E-state index in [1.165, 1.54) is 7.11 Å². The average molecular weight is 293 g/mol. The first-order valence-corrected chi connectivity index (χ1v) is 7.14. The molecule has 4 heteroatoms. The van der Waals surface area contributed by atoms with Gasteiger partial charge < -0.3 is 4.74 Å². The Balaban J connectivity index is 2.37. The third-order valence-electron chi connectivity index (χ3n) is 3.26. The van der Waals surface area contributed by atoms with Crippen LogP contribution in [0.1, 0.15) is 11.1 Å². The van der Waals surface area contributed by atoms with Crippen molar-refractivity contribution in [1.82, 2.24) is 0 Å². The van der Waals surface area contributed by atoms with Crippen molar-refractivity contribution >= 4 is 23.3 Å². The molecule has 0 radical (unpaired) electrons. The lowest BCUT2D eigenvalue weighted by molar-refractivity contribution is -0.135. The molecule has 0 fully saturated rings. The molecule has 3 rings (SSSR count). The minimum atomic E-state index is -0.600. The van der Waals surface area contributed by atoms with Crippen LogP contribution in [0.3, 0.4) is 0 Å². The van der Waals surface area contributed by atoms with Gasteiger partial charge in [0.15, 0.2) is 0 Å². The molecule has 0 N–H and O–H groups in total. The third-order valence-corrected chi connectivity index (χ3v) is 4.41. The quantitative estimate of drug-likeness (QED) is 0.386. The van der Waals surface area contributed by atoms with Gasteiger partial charge in [-0.2, -0.15) is 0 Å². The molecule has 0 unspecified atom stereocenters. The van der Waals surface area contributed by atoms with Crippen molar-refractivity contribution < 1.29 is 9.53 Å². The van der Waals surface area contributed by atoms with Crippen molar-refractivity contribution in [3.05, 3.63) is 76.8 Å². The van der Waals surface area contributed by atoms with Crippen LogP contribution in [0.2, 0.25) is 0 Å². The van der Waals surface area contributed by atoms with E-state index in [1.807, 2.05) is 48.5 Å². The summed E-state index contributed by atoms with van der Waals surface area (Å²) >= 11 is 1.64. The first-order valence-electron chi connectivity index (χ1n) is 6.33. The molecule has 1 aliphatic rings. The molecule has 0 aromatic heterocycles. The summed E-state index contributed by atoms with van der Waals surface area (Å²) in [5.41, 5.74) is 2.48. The van der Waals surface area contributed by atoms with Crippen LogP contribution in [0.5, 0.6) is 0 Å². The topological polar surface area (TPSA) is 30.7 Å². The Labute approximate surface area is 127 Å². The number of ether oxygens (including phenoxy) is 1. The Morgan fingerprint density at radius 2 is 1.57 bits per heavy atom. The summed E-state index contributed by atoms with van der Waals surface area (Å²) in [6.45, 7) is 7.37. The van der Waals surface area contributed by atoms with E-state index >= 15 is 0 Å². The maximum absolute atomic E-state index is 12.0. The lowest BCUT2D eigenvalue weighted by Crippen LogP contribution is -2.08. The number of methoxy groups -OCH3 is 1. The molecule has 102 valence electrons. The van der Waals surface area contributed by atoms with Crippen LogP contribution in [0.4, 0.5) is 0 Å². The summed E-state index contributed by atoms with van der Waals surface area (Å²) in [6, 6.07) is 15.6. The van der Waals surface area contributed by atoms with Crippen molar-refractivity contribution in [3.8, 4) is 0 Å². The highest BCUT2D eigenvalue weighted by Crippen LogP contribution is 2.46. The van der Waals surface area contributed by atoms with Gasteiger partial charge in [0, 0.05) is 15.4 Å². The highest BCUT2D eigenvalue weighted by molar-refractivity contribution is 7.99. The first-order chi connectivity index (χ1) is 10.3. The minimum Gasteiger partial charge on any atom is -0.474 e. The lowest BCUT2D eigenvalue weighted by atomic mass is 9.95. The molecule has 0 aliphatic carbocycles. The molecular weight excluding hydrogens is 282 g/mol. The zero-order valence-corrected chi connectivity index (χ0v) is 12.1. The third kappa shape index (κ3) is 2.22. The predicted octanol–water partition coefficient (Wildman–Crippen LogP) is 4.00. The van der Waals surface area contributed by atoms with Crippen molar-refractivity contribution in [2.75, 3.05) is 7.11 Å². The van der Waals surface area contributed by atoms with Gasteiger partial charge in [-0.1, -0.05) is 48.2 Å². The van der Waals surface area contributed by atoms with Gasteiger partial charge in [-0.3, -0.25) is 4.79 Å². The molecule has 1 aliphatic heterocycles. The van der Waals surface area contributed by atoms with Crippen LogP contribution in [0.25, 0.3) is 10.4 Å². The van der Waals surface area contributed by atoms with Gasteiger partial charge in [-0.25, -0.2) is 4.85 Å². The summed E-state index contributed by atoms with van der Waals surface area (Å²) < 4.78 is 4.77. The monoisotopic (exact) mass is 293 g/mol. The highest BCUT2D eigenvalue weighted by atomic mass is 32.2. The van der Waals surface area contributed by atoms with E-state index in [0.29, 0.717) is 5.57 Å². The van der Waals surface area contributed by atoms with E-state index < -0.39 is 5.97 Å². The van der Waals surface area contributed by atoms with E-state index in [0.717, 1.165) is 20.9 Å². The fraction of sp³-hybridized carbons (Fsp3) is 0.0588. The second kappa shape index (κ2) is 5.47. The Bertz CT molecular complexity index is 755. The van der Waals surface area contributed by atoms with Gasteiger partial charge >= 0.3 is 5.97 Å². The van der Waals surface area contributed by atoms with E-state index in [-0.39, 0.29) is 5.70 Å². The molecular formula is C17H11NO2S. The van der Waals surface area contributed by atoms with Gasteiger partial charge in [-0.05, 0) is 23.3 Å². The molecule has 2 aromatic rings. The number of fused-ring (bicyclic) bond motifs is 2. The smallest absolute Gasteiger partial charge is 0.336 e. The number of carbonyl (C=O) groups excluding carboxylic acids is 1. The van der Waals surface area contributed by atoms with Gasteiger partial charge in [0.05, 0.1) is 13.7 Å². The van der Waals surface area contributed by atoms with Crippen molar-refractivity contribution in [2.45, 2.75) is 9.79 Å². The summed E-state index contributed by atoms with van der Waals surface area (Å²) in [7, 11) is 1.30. The van der Waals surface area contributed by atoms with E-state index in [1.54, 1.807) is 11.8 Å². The number of rotatable bonds is 1. The largest absolute Gasteiger partial charge is 0.474 e. The molecule has 0 bridgehead atoms. The molecule has 1 heterocycles. The van der Waals surface area contributed by atoms with E-state index in [2.05, 4.69) is 4.85 Å².